The number of hydrogen-bond donors (Lipinski definition) is 1. The van der Waals surface area contributed by atoms with Crippen LogP contribution < -0.4 is 34.9 Å². The molecule has 0 unspecified atom stereocenters. The number of anilines is 1. The Labute approximate surface area is 231 Å². The van der Waals surface area contributed by atoms with Crippen molar-refractivity contribution >= 4 is 18.3 Å². The number of carbonyl (C=O) groups excluding carboxylic acids is 2. The van der Waals surface area contributed by atoms with Crippen LogP contribution in [0.15, 0.2) is 89.6 Å². The van der Waals surface area contributed by atoms with E-state index in [2.05, 4.69) is 16.8 Å². The number of nitrogens with one attached hydrogen (secondary N) is 1. The average molecular weight is 491 g/mol. The molecule has 0 bridgehead atoms. The third-order valence-electron chi connectivity index (χ3n) is 6.25. The molecule has 0 aliphatic heterocycles. The third-order valence-corrected chi connectivity index (χ3v) is 6.25. The first kappa shape index (κ1) is 27.4. The topological polar surface area (TPSA) is 111 Å². The monoisotopic (exact) mass is 491 g/mol. The molecule has 178 valence electrons. The molecule has 1 atom stereocenters. The van der Waals surface area contributed by atoms with Gasteiger partial charge in [0.15, 0.2) is 0 Å². The molecular formula is C28H24N2NaO5-. The smallest absolute Gasteiger partial charge is 0.870 e. The van der Waals surface area contributed by atoms with E-state index in [4.69, 9.17) is 9.26 Å². The Bertz CT molecular complexity index is 1300. The van der Waals surface area contributed by atoms with Gasteiger partial charge in [0.05, 0.1) is 11.8 Å². The first-order valence-electron chi connectivity index (χ1n) is 11.2. The van der Waals surface area contributed by atoms with Crippen LogP contribution in [0.1, 0.15) is 37.0 Å². The van der Waals surface area contributed by atoms with Gasteiger partial charge in [-0.1, -0.05) is 102 Å². The van der Waals surface area contributed by atoms with Crippen LogP contribution in [0.3, 0.4) is 0 Å². The molecule has 4 aromatic rings. The summed E-state index contributed by atoms with van der Waals surface area (Å²) in [4.78, 5) is 23.6. The number of ether oxygens (including phenoxy) is 1. The molecule has 8 heteroatoms. The predicted octanol–water partition coefficient (Wildman–Crippen LogP) is 3.29. The molecule has 1 aromatic heterocycles. The summed E-state index contributed by atoms with van der Waals surface area (Å²) in [6, 6.07) is 25.4. The first-order chi connectivity index (χ1) is 16.6. The number of nitrogens with zero attached hydrogens (tertiary/aromatic N) is 1. The van der Waals surface area contributed by atoms with Crippen molar-refractivity contribution in [2.45, 2.75) is 31.3 Å². The SMILES string of the molecule is C[C@@H](OC(=O)Nc1oncc1-c1ccc(-c2ccc(C3([C-]=O)CC3)cc2)cc1)c1ccccc1.[Na+].[OH-]. The van der Waals surface area contributed by atoms with Gasteiger partial charge in [0.1, 0.15) is 6.10 Å². The summed E-state index contributed by atoms with van der Waals surface area (Å²) in [6.45, 7) is 1.81. The second-order valence-corrected chi connectivity index (χ2v) is 8.49. The van der Waals surface area contributed by atoms with Crippen LogP contribution in [-0.4, -0.2) is 23.0 Å². The molecule has 7 nitrogen and oxygen atoms in total. The third kappa shape index (κ3) is 5.77. The Morgan fingerprint density at radius 1 is 0.972 bits per heavy atom. The standard InChI is InChI=1S/C28H23N2O4.Na.H2O/c1-19(20-5-3-2-4-6-20)33-27(32)30-26-25(17-29-34-26)23-9-7-21(8-10-23)22-11-13-24(14-12-22)28(18-31)15-16-28;;/h2-14,17,19H,15-16H2,1H3,(H,30,32);;1H2/q-1;+1;/p-1/t19-;;/m1../s1. The van der Waals surface area contributed by atoms with Crippen LogP contribution in [0.25, 0.3) is 22.3 Å². The van der Waals surface area contributed by atoms with Crippen molar-refractivity contribution in [3.63, 3.8) is 0 Å². The quantitative estimate of drug-likeness (QED) is 0.314. The molecule has 1 aliphatic carbocycles. The zero-order valence-electron chi connectivity index (χ0n) is 20.1. The minimum Gasteiger partial charge on any atom is -0.870 e. The van der Waals surface area contributed by atoms with Crippen molar-refractivity contribution in [3.05, 3.63) is 96.2 Å². The molecule has 2 N–H and O–H groups in total. The Morgan fingerprint density at radius 2 is 1.56 bits per heavy atom. The van der Waals surface area contributed by atoms with Crippen LogP contribution in [-0.2, 0) is 14.9 Å². The Hall–Kier alpha value is -3.23. The normalized spacial score (nSPS) is 13.9. The van der Waals surface area contributed by atoms with Gasteiger partial charge in [0, 0.05) is 0 Å². The fraction of sp³-hybridized carbons (Fsp3) is 0.179. The molecule has 36 heavy (non-hydrogen) atoms. The van der Waals surface area contributed by atoms with Gasteiger partial charge in [-0.2, -0.15) is 0 Å². The van der Waals surface area contributed by atoms with E-state index in [-0.39, 0.29) is 46.3 Å². The van der Waals surface area contributed by atoms with Gasteiger partial charge in [-0.15, -0.1) is 5.41 Å². The van der Waals surface area contributed by atoms with Gasteiger partial charge in [0.2, 0.25) is 5.88 Å². The van der Waals surface area contributed by atoms with E-state index in [1.54, 1.807) is 6.20 Å². The average Bonchev–Trinajstić information content (AvgIpc) is 3.56. The van der Waals surface area contributed by atoms with Crippen LogP contribution in [0.2, 0.25) is 0 Å². The van der Waals surface area contributed by atoms with Crippen molar-refractivity contribution in [1.82, 2.24) is 5.16 Å². The van der Waals surface area contributed by atoms with E-state index >= 15 is 0 Å². The van der Waals surface area contributed by atoms with Crippen LogP contribution in [0, 0.1) is 0 Å². The zero-order chi connectivity index (χ0) is 23.5. The Morgan fingerprint density at radius 3 is 2.14 bits per heavy atom. The van der Waals surface area contributed by atoms with Crippen molar-refractivity contribution in [3.8, 4) is 22.3 Å². The van der Waals surface area contributed by atoms with E-state index in [9.17, 15) is 9.59 Å². The maximum Gasteiger partial charge on any atom is 1.00 e. The second kappa shape index (κ2) is 11.7. The summed E-state index contributed by atoms with van der Waals surface area (Å²) in [5, 5.41) is 6.49. The molecule has 5 rings (SSSR count). The van der Waals surface area contributed by atoms with Gasteiger partial charge >= 0.3 is 35.7 Å². The van der Waals surface area contributed by atoms with Gasteiger partial charge in [-0.3, -0.25) is 11.6 Å². The summed E-state index contributed by atoms with van der Waals surface area (Å²) >= 11 is 0. The molecular weight excluding hydrogens is 467 g/mol. The van der Waals surface area contributed by atoms with E-state index in [1.807, 2.05) is 85.8 Å². The Balaban J connectivity index is 0.00000180. The molecule has 1 heterocycles. The number of hydrogen-bond acceptors (Lipinski definition) is 6. The van der Waals surface area contributed by atoms with Crippen LogP contribution in [0.5, 0.6) is 0 Å². The van der Waals surface area contributed by atoms with Crippen molar-refractivity contribution in [2.75, 3.05) is 5.32 Å². The Kier molecular flexibility index (Phi) is 8.87. The fourth-order valence-corrected chi connectivity index (χ4v) is 4.01. The molecule has 1 fully saturated rings. The van der Waals surface area contributed by atoms with Gasteiger partial charge < -0.3 is 19.5 Å². The zero-order valence-corrected chi connectivity index (χ0v) is 22.1. The summed E-state index contributed by atoms with van der Waals surface area (Å²) in [5.41, 5.74) is 5.13. The number of carbonyl (C=O) groups is 1. The summed E-state index contributed by atoms with van der Waals surface area (Å²) < 4.78 is 10.7. The maximum atomic E-state index is 12.4. The van der Waals surface area contributed by atoms with E-state index in [1.165, 1.54) is 0 Å². The minimum absolute atomic E-state index is 0. The van der Waals surface area contributed by atoms with Crippen molar-refractivity contribution in [1.29, 1.82) is 0 Å². The number of aromatic nitrogens is 1. The molecule has 1 amide bonds. The van der Waals surface area contributed by atoms with Gasteiger partial charge in [0.25, 0.3) is 0 Å². The molecule has 0 spiro atoms. The molecule has 3 aromatic carbocycles. The number of benzene rings is 3. The van der Waals surface area contributed by atoms with E-state index < -0.39 is 12.2 Å². The van der Waals surface area contributed by atoms with Crippen LogP contribution >= 0.6 is 0 Å². The van der Waals surface area contributed by atoms with E-state index in [0.29, 0.717) is 5.56 Å². The van der Waals surface area contributed by atoms with Crippen molar-refractivity contribution in [2.24, 2.45) is 0 Å². The number of amides is 1. The second-order valence-electron chi connectivity index (χ2n) is 8.49. The molecule has 1 saturated carbocycles. The van der Waals surface area contributed by atoms with Crippen molar-refractivity contribution < 1.29 is 53.9 Å². The maximum absolute atomic E-state index is 12.4. The summed E-state index contributed by atoms with van der Waals surface area (Å²) in [7, 11) is 0. The largest absolute Gasteiger partial charge is 1.00 e. The summed E-state index contributed by atoms with van der Waals surface area (Å²) in [5.74, 6) is 0.224. The van der Waals surface area contributed by atoms with Crippen LogP contribution in [0.4, 0.5) is 10.7 Å². The van der Waals surface area contributed by atoms with Gasteiger partial charge in [-0.25, -0.2) is 4.79 Å². The van der Waals surface area contributed by atoms with Gasteiger partial charge in [-0.05, 0) is 29.2 Å². The summed E-state index contributed by atoms with van der Waals surface area (Å²) in [6.07, 6.45) is 4.47. The minimum atomic E-state index is -0.618. The molecule has 1 aliphatic rings. The van der Waals surface area contributed by atoms with E-state index in [0.717, 1.165) is 40.7 Å². The first-order valence-corrected chi connectivity index (χ1v) is 11.2. The predicted molar refractivity (Wildman–Crippen MR) is 131 cm³/mol. The fourth-order valence-electron chi connectivity index (χ4n) is 4.01. The number of rotatable bonds is 7. The molecule has 0 radical (unpaired) electrons. The molecule has 0 saturated heterocycles.